The number of carbonyl (C=O) groups excluding carboxylic acids is 2. The zero-order valence-electron chi connectivity index (χ0n) is 19.2. The van der Waals surface area contributed by atoms with Gasteiger partial charge in [-0.15, -0.1) is 0 Å². The Balaban J connectivity index is 2.39. The molecule has 2 aromatic carbocycles. The fourth-order valence-electron chi connectivity index (χ4n) is 3.20. The number of hydrogen-bond donors (Lipinski definition) is 1. The molecule has 1 atom stereocenters. The van der Waals surface area contributed by atoms with Gasteiger partial charge in [0.2, 0.25) is 21.8 Å². The fraction of sp³-hybridized carbons (Fsp3) is 0.391. The Labute approximate surface area is 204 Å². The number of rotatable bonds is 11. The smallest absolute Gasteiger partial charge is 0.244 e. The fourth-order valence-corrected chi connectivity index (χ4v) is 4.31. The molecule has 33 heavy (non-hydrogen) atoms. The van der Waals surface area contributed by atoms with Crippen molar-refractivity contribution in [1.29, 1.82) is 0 Å². The van der Waals surface area contributed by atoms with Crippen LogP contribution in [0, 0.1) is 0 Å². The first-order valence-electron chi connectivity index (χ1n) is 10.5. The molecule has 0 saturated heterocycles. The maximum atomic E-state index is 13.5. The van der Waals surface area contributed by atoms with E-state index in [-0.39, 0.29) is 18.1 Å². The molecule has 0 aromatic heterocycles. The van der Waals surface area contributed by atoms with Gasteiger partial charge in [-0.2, -0.15) is 0 Å². The molecular weight excluding hydrogens is 510 g/mol. The van der Waals surface area contributed by atoms with Crippen molar-refractivity contribution >= 4 is 43.5 Å². The molecule has 0 bridgehead atoms. The van der Waals surface area contributed by atoms with E-state index in [1.807, 2.05) is 31.2 Å². The summed E-state index contributed by atoms with van der Waals surface area (Å²) in [4.78, 5) is 27.5. The van der Waals surface area contributed by atoms with E-state index in [4.69, 9.17) is 4.74 Å². The van der Waals surface area contributed by atoms with Crippen molar-refractivity contribution in [3.63, 3.8) is 0 Å². The van der Waals surface area contributed by atoms with E-state index in [1.54, 1.807) is 31.2 Å². The van der Waals surface area contributed by atoms with E-state index in [1.165, 1.54) is 12.0 Å². The highest BCUT2D eigenvalue weighted by atomic mass is 79.9. The number of anilines is 1. The summed E-state index contributed by atoms with van der Waals surface area (Å²) in [6.07, 6.45) is 1.79. The summed E-state index contributed by atoms with van der Waals surface area (Å²) in [5.41, 5.74) is 1.06. The summed E-state index contributed by atoms with van der Waals surface area (Å²) in [6.45, 7) is 3.74. The van der Waals surface area contributed by atoms with Gasteiger partial charge in [-0.25, -0.2) is 8.42 Å². The molecule has 180 valence electrons. The van der Waals surface area contributed by atoms with Crippen LogP contribution in [0.1, 0.15) is 25.8 Å². The monoisotopic (exact) mass is 539 g/mol. The number of amides is 2. The first kappa shape index (κ1) is 26.7. The van der Waals surface area contributed by atoms with Crippen LogP contribution in [0.2, 0.25) is 0 Å². The Hall–Kier alpha value is -2.59. The highest BCUT2D eigenvalue weighted by Crippen LogP contribution is 2.29. The molecular formula is C23H30BrN3O5S. The Morgan fingerprint density at radius 2 is 1.76 bits per heavy atom. The number of nitrogens with zero attached hydrogens (tertiary/aromatic N) is 2. The van der Waals surface area contributed by atoms with Crippen LogP contribution in [0.4, 0.5) is 5.69 Å². The molecule has 10 heteroatoms. The summed E-state index contributed by atoms with van der Waals surface area (Å²) in [5, 5.41) is 2.80. The molecule has 2 amide bonds. The van der Waals surface area contributed by atoms with Crippen LogP contribution in [-0.4, -0.2) is 57.6 Å². The number of methoxy groups -OCH3 is 1. The zero-order chi connectivity index (χ0) is 24.6. The Morgan fingerprint density at radius 1 is 1.12 bits per heavy atom. The van der Waals surface area contributed by atoms with Gasteiger partial charge in [0, 0.05) is 17.6 Å². The van der Waals surface area contributed by atoms with Crippen molar-refractivity contribution < 1.29 is 22.7 Å². The maximum absolute atomic E-state index is 13.5. The molecule has 0 aliphatic heterocycles. The SMILES string of the molecule is CCCNC(=O)[C@@H](C)N(Cc1ccc(Br)cc1)C(=O)CN(c1ccccc1OC)S(C)(=O)=O. The molecule has 0 unspecified atom stereocenters. The summed E-state index contributed by atoms with van der Waals surface area (Å²) in [5.74, 6) is -0.483. The first-order valence-corrected chi connectivity index (χ1v) is 13.1. The van der Waals surface area contributed by atoms with Crippen LogP contribution in [0.25, 0.3) is 0 Å². The summed E-state index contributed by atoms with van der Waals surface area (Å²) >= 11 is 3.39. The van der Waals surface area contributed by atoms with Gasteiger partial charge in [0.15, 0.2) is 0 Å². The van der Waals surface area contributed by atoms with Crippen LogP contribution in [0.15, 0.2) is 53.0 Å². The van der Waals surface area contributed by atoms with Crippen LogP contribution in [0.3, 0.4) is 0 Å². The topological polar surface area (TPSA) is 96.0 Å². The van der Waals surface area contributed by atoms with Crippen molar-refractivity contribution in [2.45, 2.75) is 32.9 Å². The lowest BCUT2D eigenvalue weighted by molar-refractivity contribution is -0.139. The molecule has 0 spiro atoms. The number of halogens is 1. The normalized spacial score (nSPS) is 12.0. The third-order valence-corrected chi connectivity index (χ3v) is 6.67. The van der Waals surface area contributed by atoms with E-state index in [0.717, 1.165) is 27.0 Å². The van der Waals surface area contributed by atoms with Crippen molar-refractivity contribution in [2.24, 2.45) is 0 Å². The lowest BCUT2D eigenvalue weighted by Crippen LogP contribution is -2.51. The van der Waals surface area contributed by atoms with Crippen LogP contribution in [-0.2, 0) is 26.2 Å². The standard InChI is InChI=1S/C23H30BrN3O5S/c1-5-14-25-23(29)17(2)26(15-18-10-12-19(24)13-11-18)22(28)16-27(33(4,30)31)20-8-6-7-9-21(20)32-3/h6-13,17H,5,14-16H2,1-4H3,(H,25,29)/t17-/m1/s1. The Bertz CT molecular complexity index is 1060. The predicted molar refractivity (Wildman–Crippen MR) is 133 cm³/mol. The summed E-state index contributed by atoms with van der Waals surface area (Å²) in [6, 6.07) is 13.2. The molecule has 1 N–H and O–H groups in total. The van der Waals surface area contributed by atoms with Gasteiger partial charge >= 0.3 is 0 Å². The zero-order valence-corrected chi connectivity index (χ0v) is 21.6. The lowest BCUT2D eigenvalue weighted by atomic mass is 10.1. The van der Waals surface area contributed by atoms with E-state index < -0.39 is 28.5 Å². The summed E-state index contributed by atoms with van der Waals surface area (Å²) < 4.78 is 32.4. The molecule has 2 rings (SSSR count). The molecule has 0 aliphatic carbocycles. The maximum Gasteiger partial charge on any atom is 0.244 e. The van der Waals surface area contributed by atoms with Crippen molar-refractivity contribution in [1.82, 2.24) is 10.2 Å². The Morgan fingerprint density at radius 3 is 2.33 bits per heavy atom. The van der Waals surface area contributed by atoms with E-state index in [0.29, 0.717) is 12.3 Å². The van der Waals surface area contributed by atoms with Crippen LogP contribution < -0.4 is 14.4 Å². The van der Waals surface area contributed by atoms with E-state index >= 15 is 0 Å². The molecule has 8 nitrogen and oxygen atoms in total. The van der Waals surface area contributed by atoms with Gasteiger partial charge in [-0.3, -0.25) is 13.9 Å². The van der Waals surface area contributed by atoms with E-state index in [2.05, 4.69) is 21.2 Å². The largest absolute Gasteiger partial charge is 0.495 e. The number of nitrogens with one attached hydrogen (secondary N) is 1. The number of carbonyl (C=O) groups is 2. The van der Waals surface area contributed by atoms with Gasteiger partial charge in [-0.05, 0) is 43.2 Å². The number of sulfonamides is 1. The molecule has 0 aliphatic rings. The number of ether oxygens (including phenoxy) is 1. The average Bonchev–Trinajstić information content (AvgIpc) is 2.79. The minimum atomic E-state index is -3.82. The second kappa shape index (κ2) is 12.0. The van der Waals surface area contributed by atoms with Gasteiger partial charge in [0.1, 0.15) is 18.3 Å². The minimum absolute atomic E-state index is 0.149. The quantitative estimate of drug-likeness (QED) is 0.473. The molecule has 0 fully saturated rings. The van der Waals surface area contributed by atoms with Gasteiger partial charge in [-0.1, -0.05) is 47.1 Å². The Kier molecular flexibility index (Phi) is 9.72. The van der Waals surface area contributed by atoms with Gasteiger partial charge in [0.05, 0.1) is 19.1 Å². The third kappa shape index (κ3) is 7.46. The van der Waals surface area contributed by atoms with Crippen LogP contribution in [0.5, 0.6) is 5.75 Å². The highest BCUT2D eigenvalue weighted by molar-refractivity contribution is 9.10. The number of benzene rings is 2. The van der Waals surface area contributed by atoms with Crippen molar-refractivity contribution in [2.75, 3.05) is 30.8 Å². The van der Waals surface area contributed by atoms with Crippen molar-refractivity contribution in [3.05, 3.63) is 58.6 Å². The van der Waals surface area contributed by atoms with Gasteiger partial charge in [0.25, 0.3) is 0 Å². The first-order chi connectivity index (χ1) is 15.6. The molecule has 0 radical (unpaired) electrons. The molecule has 0 saturated carbocycles. The second-order valence-corrected chi connectivity index (χ2v) is 10.4. The highest BCUT2D eigenvalue weighted by Gasteiger charge is 2.30. The second-order valence-electron chi connectivity index (χ2n) is 7.56. The number of hydrogen-bond acceptors (Lipinski definition) is 5. The predicted octanol–water partition coefficient (Wildman–Crippen LogP) is 3.17. The molecule has 0 heterocycles. The average molecular weight is 540 g/mol. The third-order valence-electron chi connectivity index (χ3n) is 5.02. The van der Waals surface area contributed by atoms with Gasteiger partial charge < -0.3 is 15.0 Å². The van der Waals surface area contributed by atoms with Crippen molar-refractivity contribution in [3.8, 4) is 5.75 Å². The minimum Gasteiger partial charge on any atom is -0.495 e. The summed E-state index contributed by atoms with van der Waals surface area (Å²) in [7, 11) is -2.39. The lowest BCUT2D eigenvalue weighted by Gasteiger charge is -2.31. The van der Waals surface area contributed by atoms with E-state index in [9.17, 15) is 18.0 Å². The van der Waals surface area contributed by atoms with Crippen LogP contribution >= 0.6 is 15.9 Å². The molecule has 2 aromatic rings. The number of para-hydroxylation sites is 2.